The molecule has 1 aromatic rings. The summed E-state index contributed by atoms with van der Waals surface area (Å²) in [6.07, 6.45) is 11.2. The van der Waals surface area contributed by atoms with Gasteiger partial charge in [0, 0.05) is 6.42 Å². The van der Waals surface area contributed by atoms with Gasteiger partial charge < -0.3 is 5.11 Å². The monoisotopic (exact) mass is 322 g/mol. The average molecular weight is 323 g/mol. The number of carbonyl (C=O) groups is 1. The zero-order valence-corrected chi connectivity index (χ0v) is 14.5. The van der Waals surface area contributed by atoms with Gasteiger partial charge in [0.05, 0.1) is 0 Å². The van der Waals surface area contributed by atoms with Gasteiger partial charge in [-0.2, -0.15) is 11.8 Å². The number of aliphatic carboxylic acids is 1. The van der Waals surface area contributed by atoms with Gasteiger partial charge in [-0.05, 0) is 36.3 Å². The lowest BCUT2D eigenvalue weighted by Crippen LogP contribution is -1.93. The highest BCUT2D eigenvalue weighted by Gasteiger charge is 1.97. The Morgan fingerprint density at radius 1 is 0.818 bits per heavy atom. The third-order valence-corrected chi connectivity index (χ3v) is 4.88. The number of hydrogen-bond acceptors (Lipinski definition) is 2. The molecule has 0 saturated heterocycles. The first-order valence-corrected chi connectivity index (χ1v) is 9.78. The van der Waals surface area contributed by atoms with E-state index in [1.54, 1.807) is 0 Å². The molecular weight excluding hydrogens is 292 g/mol. The molecule has 1 aromatic carbocycles. The number of hydrogen-bond donors (Lipinski definition) is 1. The maximum atomic E-state index is 10.4. The second kappa shape index (κ2) is 13.7. The summed E-state index contributed by atoms with van der Waals surface area (Å²) in [6, 6.07) is 10.7. The number of benzene rings is 1. The molecule has 0 radical (unpaired) electrons. The van der Waals surface area contributed by atoms with Crippen molar-refractivity contribution in [2.75, 3.05) is 11.5 Å². The minimum Gasteiger partial charge on any atom is -0.481 e. The molecule has 2 nitrogen and oxygen atoms in total. The van der Waals surface area contributed by atoms with Crippen LogP contribution in [0.2, 0.25) is 0 Å². The lowest BCUT2D eigenvalue weighted by molar-refractivity contribution is -0.137. The fourth-order valence-electron chi connectivity index (χ4n) is 2.48. The first-order valence-electron chi connectivity index (χ1n) is 8.62. The van der Waals surface area contributed by atoms with Crippen LogP contribution in [0.25, 0.3) is 0 Å². The molecule has 0 unspecified atom stereocenters. The van der Waals surface area contributed by atoms with Crippen LogP contribution in [0.5, 0.6) is 0 Å². The van der Waals surface area contributed by atoms with Crippen LogP contribution in [0.3, 0.4) is 0 Å². The van der Waals surface area contributed by atoms with Gasteiger partial charge in [-0.1, -0.05) is 68.9 Å². The van der Waals surface area contributed by atoms with E-state index in [9.17, 15) is 4.79 Å². The van der Waals surface area contributed by atoms with Crippen molar-refractivity contribution in [3.63, 3.8) is 0 Å². The van der Waals surface area contributed by atoms with Crippen LogP contribution in [-0.4, -0.2) is 22.6 Å². The van der Waals surface area contributed by atoms with Gasteiger partial charge in [0.1, 0.15) is 0 Å². The van der Waals surface area contributed by atoms with Crippen LogP contribution in [0.4, 0.5) is 0 Å². The van der Waals surface area contributed by atoms with E-state index >= 15 is 0 Å². The standard InChI is InChI=1S/C19H30O2S/c20-19(21)14-10-5-3-1-2-4-6-11-16-22-17-15-18-12-8-7-9-13-18/h7-9,12-13H,1-6,10-11,14-17H2,(H,20,21). The zero-order valence-electron chi connectivity index (χ0n) is 13.6. The Morgan fingerprint density at radius 2 is 1.41 bits per heavy atom. The molecule has 124 valence electrons. The Labute approximate surface area is 139 Å². The number of carboxylic acid groups (broad SMARTS) is 1. The second-order valence-corrected chi connectivity index (χ2v) is 7.04. The zero-order chi connectivity index (χ0) is 15.9. The molecule has 0 heterocycles. The Hall–Kier alpha value is -0.960. The summed E-state index contributed by atoms with van der Waals surface area (Å²) in [5, 5.41) is 8.54. The van der Waals surface area contributed by atoms with Gasteiger partial charge >= 0.3 is 5.97 Å². The van der Waals surface area contributed by atoms with Crippen molar-refractivity contribution in [2.24, 2.45) is 0 Å². The molecule has 0 aliphatic heterocycles. The summed E-state index contributed by atoms with van der Waals surface area (Å²) < 4.78 is 0. The van der Waals surface area contributed by atoms with E-state index in [0.717, 1.165) is 12.8 Å². The second-order valence-electron chi connectivity index (χ2n) is 5.82. The molecule has 0 aromatic heterocycles. The van der Waals surface area contributed by atoms with Crippen LogP contribution in [0, 0.1) is 0 Å². The Balaban J connectivity index is 1.76. The Bertz CT molecular complexity index is 378. The highest BCUT2D eigenvalue weighted by molar-refractivity contribution is 7.99. The topological polar surface area (TPSA) is 37.3 Å². The molecule has 22 heavy (non-hydrogen) atoms. The molecule has 0 aliphatic rings. The normalized spacial score (nSPS) is 10.7. The molecule has 0 spiro atoms. The van der Waals surface area contributed by atoms with Crippen LogP contribution < -0.4 is 0 Å². The largest absolute Gasteiger partial charge is 0.481 e. The molecule has 1 rings (SSSR count). The van der Waals surface area contributed by atoms with Crippen LogP contribution in [0.15, 0.2) is 30.3 Å². The van der Waals surface area contributed by atoms with E-state index in [1.807, 2.05) is 0 Å². The van der Waals surface area contributed by atoms with Crippen molar-refractivity contribution in [3.8, 4) is 0 Å². The maximum Gasteiger partial charge on any atom is 0.303 e. The van der Waals surface area contributed by atoms with Gasteiger partial charge in [-0.25, -0.2) is 0 Å². The van der Waals surface area contributed by atoms with E-state index in [1.165, 1.54) is 62.0 Å². The van der Waals surface area contributed by atoms with Gasteiger partial charge in [-0.15, -0.1) is 0 Å². The molecule has 0 fully saturated rings. The quantitative estimate of drug-likeness (QED) is 0.456. The number of aryl methyl sites for hydroxylation is 1. The van der Waals surface area contributed by atoms with Crippen molar-refractivity contribution in [2.45, 2.75) is 64.2 Å². The fraction of sp³-hybridized carbons (Fsp3) is 0.632. The summed E-state index contributed by atoms with van der Waals surface area (Å²) in [6.45, 7) is 0. The summed E-state index contributed by atoms with van der Waals surface area (Å²) in [4.78, 5) is 10.4. The smallest absolute Gasteiger partial charge is 0.303 e. The maximum absolute atomic E-state index is 10.4. The third kappa shape index (κ3) is 11.7. The van der Waals surface area contributed by atoms with Crippen LogP contribution in [0.1, 0.15) is 63.4 Å². The first-order chi connectivity index (χ1) is 10.8. The van der Waals surface area contributed by atoms with E-state index in [0.29, 0.717) is 6.42 Å². The first kappa shape index (κ1) is 19.1. The number of carboxylic acids is 1. The predicted molar refractivity (Wildman–Crippen MR) is 96.7 cm³/mol. The molecule has 0 saturated carbocycles. The third-order valence-electron chi connectivity index (χ3n) is 3.81. The van der Waals surface area contributed by atoms with Crippen LogP contribution >= 0.6 is 11.8 Å². The Kier molecular flexibility index (Phi) is 11.9. The lowest BCUT2D eigenvalue weighted by Gasteiger charge is -2.03. The van der Waals surface area contributed by atoms with Gasteiger partial charge in [-0.3, -0.25) is 4.79 Å². The van der Waals surface area contributed by atoms with Gasteiger partial charge in [0.2, 0.25) is 0 Å². The van der Waals surface area contributed by atoms with E-state index < -0.39 is 5.97 Å². The summed E-state index contributed by atoms with van der Waals surface area (Å²) in [7, 11) is 0. The molecule has 1 N–H and O–H groups in total. The lowest BCUT2D eigenvalue weighted by atomic mass is 10.1. The van der Waals surface area contributed by atoms with E-state index in [2.05, 4.69) is 42.1 Å². The van der Waals surface area contributed by atoms with E-state index in [-0.39, 0.29) is 0 Å². The van der Waals surface area contributed by atoms with E-state index in [4.69, 9.17) is 5.11 Å². The van der Waals surface area contributed by atoms with Crippen molar-refractivity contribution >= 4 is 17.7 Å². The summed E-state index contributed by atoms with van der Waals surface area (Å²) in [5.41, 5.74) is 1.44. The van der Waals surface area contributed by atoms with Crippen LogP contribution in [-0.2, 0) is 11.2 Å². The van der Waals surface area contributed by atoms with Gasteiger partial charge in [0.25, 0.3) is 0 Å². The Morgan fingerprint density at radius 3 is 2.05 bits per heavy atom. The summed E-state index contributed by atoms with van der Waals surface area (Å²) in [5.74, 6) is 1.85. The molecular formula is C19H30O2S. The highest BCUT2D eigenvalue weighted by Crippen LogP contribution is 2.13. The SMILES string of the molecule is O=C(O)CCCCCCCCCCSCCc1ccccc1. The summed E-state index contributed by atoms with van der Waals surface area (Å²) >= 11 is 2.07. The molecule has 0 amide bonds. The number of thioether (sulfide) groups is 1. The highest BCUT2D eigenvalue weighted by atomic mass is 32.2. The van der Waals surface area contributed by atoms with Crippen molar-refractivity contribution in [1.82, 2.24) is 0 Å². The van der Waals surface area contributed by atoms with Crippen molar-refractivity contribution in [3.05, 3.63) is 35.9 Å². The minimum atomic E-state index is -0.662. The molecule has 0 atom stereocenters. The number of rotatable bonds is 14. The van der Waals surface area contributed by atoms with Crippen molar-refractivity contribution in [1.29, 1.82) is 0 Å². The number of unbranched alkanes of at least 4 members (excludes halogenated alkanes) is 7. The van der Waals surface area contributed by atoms with Crippen molar-refractivity contribution < 1.29 is 9.90 Å². The fourth-order valence-corrected chi connectivity index (χ4v) is 3.47. The molecule has 3 heteroatoms. The predicted octanol–water partition coefficient (Wildman–Crippen LogP) is 5.56. The molecule has 0 bridgehead atoms. The minimum absolute atomic E-state index is 0.334. The molecule has 0 aliphatic carbocycles. The van der Waals surface area contributed by atoms with Gasteiger partial charge in [0.15, 0.2) is 0 Å². The average Bonchev–Trinajstić information content (AvgIpc) is 2.52.